The molecule has 202 valence electrons. The highest BCUT2D eigenvalue weighted by Crippen LogP contribution is 2.45. The first-order valence-electron chi connectivity index (χ1n) is 12.4. The van der Waals surface area contributed by atoms with Crippen LogP contribution in [0.3, 0.4) is 0 Å². The Morgan fingerprint density at radius 2 is 1.79 bits per heavy atom. The number of sulfonamides is 1. The molecule has 39 heavy (non-hydrogen) atoms. The number of benzene rings is 1. The molecule has 0 spiro atoms. The molecule has 1 fully saturated rings. The highest BCUT2D eigenvalue weighted by atomic mass is 32.2. The number of ether oxygens (including phenoxy) is 1. The molecule has 3 aromatic heterocycles. The predicted molar refractivity (Wildman–Crippen MR) is 157 cm³/mol. The van der Waals surface area contributed by atoms with Crippen LogP contribution in [-0.4, -0.2) is 41.4 Å². The largest absolute Gasteiger partial charge is 0.495 e. The third kappa shape index (κ3) is 5.07. The van der Waals surface area contributed by atoms with Crippen molar-refractivity contribution in [3.63, 3.8) is 0 Å². The van der Waals surface area contributed by atoms with Gasteiger partial charge in [0.2, 0.25) is 10.0 Å². The molecule has 1 saturated heterocycles. The molecule has 0 radical (unpaired) electrons. The highest BCUT2D eigenvalue weighted by Gasteiger charge is 2.42. The van der Waals surface area contributed by atoms with Gasteiger partial charge in [-0.15, -0.1) is 0 Å². The molecular formula is C28H30N6O3S2. The third-order valence-corrected chi connectivity index (χ3v) is 7.74. The summed E-state index contributed by atoms with van der Waals surface area (Å²) in [5, 5.41) is 3.98. The minimum atomic E-state index is -3.54. The Morgan fingerprint density at radius 1 is 1.03 bits per heavy atom. The van der Waals surface area contributed by atoms with Gasteiger partial charge in [-0.1, -0.05) is 12.1 Å². The fourth-order valence-electron chi connectivity index (χ4n) is 5.20. The number of aryl methyl sites for hydroxylation is 2. The van der Waals surface area contributed by atoms with Crippen molar-refractivity contribution in [1.29, 1.82) is 0 Å². The Balaban J connectivity index is 1.69. The summed E-state index contributed by atoms with van der Waals surface area (Å²) in [7, 11) is -2.05. The van der Waals surface area contributed by atoms with Gasteiger partial charge >= 0.3 is 0 Å². The Kier molecular flexibility index (Phi) is 7.04. The quantitative estimate of drug-likeness (QED) is 0.311. The van der Waals surface area contributed by atoms with Crippen LogP contribution in [-0.2, 0) is 10.0 Å². The Bertz CT molecular complexity index is 1650. The van der Waals surface area contributed by atoms with E-state index in [0.29, 0.717) is 22.2 Å². The second-order valence-electron chi connectivity index (χ2n) is 9.56. The van der Waals surface area contributed by atoms with Gasteiger partial charge in [0.1, 0.15) is 11.6 Å². The van der Waals surface area contributed by atoms with Gasteiger partial charge in [0.25, 0.3) is 0 Å². The number of aromatic nitrogens is 3. The minimum absolute atomic E-state index is 0.258. The lowest BCUT2D eigenvalue weighted by Gasteiger charge is -2.29. The topological polar surface area (TPSA) is 101 Å². The van der Waals surface area contributed by atoms with E-state index < -0.39 is 10.0 Å². The van der Waals surface area contributed by atoms with E-state index in [4.69, 9.17) is 17.0 Å². The van der Waals surface area contributed by atoms with E-state index in [2.05, 4.69) is 44.5 Å². The van der Waals surface area contributed by atoms with Gasteiger partial charge in [0, 0.05) is 29.5 Å². The van der Waals surface area contributed by atoms with Crippen molar-refractivity contribution < 1.29 is 13.2 Å². The number of rotatable bonds is 7. The maximum absolute atomic E-state index is 12.1. The van der Waals surface area contributed by atoms with Crippen LogP contribution in [0.2, 0.25) is 0 Å². The smallest absolute Gasteiger partial charge is 0.229 e. The molecule has 0 amide bonds. The summed E-state index contributed by atoms with van der Waals surface area (Å²) in [5.41, 5.74) is 6.06. The standard InChI is InChI=1S/C28H30N6O3S2/c1-17-9-8-14-30-27(17)33-18(2)15-21(19(33)3)26-25(22-10-6-7-13-29-22)31-28(38)34(26)20-11-12-24(37-4)23(16-20)32-39(5,35)36/h6-16,25-26,32H,1-5H3,(H,31,38)/t25-,26-/m1/s1. The van der Waals surface area contributed by atoms with Crippen molar-refractivity contribution in [1.82, 2.24) is 19.9 Å². The van der Waals surface area contributed by atoms with Crippen molar-refractivity contribution >= 4 is 38.7 Å². The van der Waals surface area contributed by atoms with Crippen molar-refractivity contribution in [2.24, 2.45) is 0 Å². The van der Waals surface area contributed by atoms with Gasteiger partial charge in [-0.3, -0.25) is 9.71 Å². The van der Waals surface area contributed by atoms with Crippen LogP contribution >= 0.6 is 12.2 Å². The molecule has 0 saturated carbocycles. The van der Waals surface area contributed by atoms with Gasteiger partial charge in [0.15, 0.2) is 5.11 Å². The average Bonchev–Trinajstić information content (AvgIpc) is 3.39. The molecule has 4 heterocycles. The molecule has 1 aromatic carbocycles. The van der Waals surface area contributed by atoms with E-state index in [1.165, 1.54) is 7.11 Å². The van der Waals surface area contributed by atoms with Crippen LogP contribution in [0, 0.1) is 20.8 Å². The zero-order valence-electron chi connectivity index (χ0n) is 22.3. The molecule has 5 rings (SSSR count). The summed E-state index contributed by atoms with van der Waals surface area (Å²) < 4.78 is 34.3. The van der Waals surface area contributed by atoms with Crippen molar-refractivity contribution in [3.05, 3.63) is 95.2 Å². The number of hydrogen-bond donors (Lipinski definition) is 2. The van der Waals surface area contributed by atoms with Gasteiger partial charge < -0.3 is 19.5 Å². The van der Waals surface area contributed by atoms with Crippen LogP contribution in [0.15, 0.2) is 67.0 Å². The first-order valence-corrected chi connectivity index (χ1v) is 14.7. The zero-order chi connectivity index (χ0) is 27.9. The second kappa shape index (κ2) is 10.3. The van der Waals surface area contributed by atoms with E-state index in [9.17, 15) is 8.42 Å². The first kappa shape index (κ1) is 26.6. The van der Waals surface area contributed by atoms with Crippen LogP contribution in [0.1, 0.15) is 40.3 Å². The first-order chi connectivity index (χ1) is 18.6. The number of nitrogens with zero attached hydrogens (tertiary/aromatic N) is 4. The van der Waals surface area contributed by atoms with E-state index in [-0.39, 0.29) is 12.1 Å². The van der Waals surface area contributed by atoms with E-state index in [1.54, 1.807) is 24.5 Å². The molecule has 0 bridgehead atoms. The molecule has 0 unspecified atom stereocenters. The Hall–Kier alpha value is -3.96. The summed E-state index contributed by atoms with van der Waals surface area (Å²) in [5.74, 6) is 1.28. The third-order valence-electron chi connectivity index (χ3n) is 6.84. The van der Waals surface area contributed by atoms with Gasteiger partial charge in [0.05, 0.1) is 36.8 Å². The molecule has 1 aliphatic rings. The fraction of sp³-hybridized carbons (Fsp3) is 0.250. The van der Waals surface area contributed by atoms with Crippen LogP contribution in [0.5, 0.6) is 5.75 Å². The van der Waals surface area contributed by atoms with E-state index in [0.717, 1.165) is 40.3 Å². The lowest BCUT2D eigenvalue weighted by Crippen LogP contribution is -2.29. The Labute approximate surface area is 233 Å². The lowest BCUT2D eigenvalue weighted by atomic mass is 9.96. The van der Waals surface area contributed by atoms with Crippen molar-refractivity contribution in [2.45, 2.75) is 32.9 Å². The number of methoxy groups -OCH3 is 1. The Morgan fingerprint density at radius 3 is 2.46 bits per heavy atom. The summed E-state index contributed by atoms with van der Waals surface area (Å²) in [6.45, 7) is 6.19. The van der Waals surface area contributed by atoms with Gasteiger partial charge in [-0.05, 0) is 86.6 Å². The average molecular weight is 563 g/mol. The number of anilines is 2. The minimum Gasteiger partial charge on any atom is -0.495 e. The predicted octanol–water partition coefficient (Wildman–Crippen LogP) is 4.75. The summed E-state index contributed by atoms with van der Waals surface area (Å²) in [4.78, 5) is 11.3. The second-order valence-corrected chi connectivity index (χ2v) is 11.7. The number of pyridine rings is 2. The summed E-state index contributed by atoms with van der Waals surface area (Å²) in [6, 6.07) is 16.7. The van der Waals surface area contributed by atoms with Crippen LogP contribution < -0.4 is 19.7 Å². The fourth-order valence-corrected chi connectivity index (χ4v) is 6.10. The van der Waals surface area contributed by atoms with Crippen molar-refractivity contribution in [3.8, 4) is 11.6 Å². The molecule has 4 aromatic rings. The monoisotopic (exact) mass is 562 g/mol. The van der Waals surface area contributed by atoms with Gasteiger partial charge in [-0.2, -0.15) is 0 Å². The number of hydrogen-bond acceptors (Lipinski definition) is 6. The highest BCUT2D eigenvalue weighted by molar-refractivity contribution is 7.92. The normalized spacial score (nSPS) is 17.3. The van der Waals surface area contributed by atoms with Crippen molar-refractivity contribution in [2.75, 3.05) is 23.0 Å². The lowest BCUT2D eigenvalue weighted by molar-refractivity contribution is 0.417. The molecule has 11 heteroatoms. The SMILES string of the molecule is COc1ccc(N2C(=S)N[C@H](c3ccccn3)[C@H]2c2cc(C)n(-c3ncccc3C)c2C)cc1NS(C)(=O)=O. The summed E-state index contributed by atoms with van der Waals surface area (Å²) >= 11 is 5.89. The molecular weight excluding hydrogens is 532 g/mol. The van der Waals surface area contributed by atoms with Gasteiger partial charge in [-0.25, -0.2) is 13.4 Å². The maximum Gasteiger partial charge on any atom is 0.229 e. The van der Waals surface area contributed by atoms with Crippen LogP contribution in [0.4, 0.5) is 11.4 Å². The summed E-state index contributed by atoms with van der Waals surface area (Å²) in [6.07, 6.45) is 4.67. The number of nitrogens with one attached hydrogen (secondary N) is 2. The number of thiocarbonyl (C=S) groups is 1. The van der Waals surface area contributed by atoms with E-state index in [1.807, 2.05) is 48.2 Å². The molecule has 1 aliphatic heterocycles. The van der Waals surface area contributed by atoms with Crippen LogP contribution in [0.25, 0.3) is 5.82 Å². The molecule has 9 nitrogen and oxygen atoms in total. The molecule has 2 atom stereocenters. The van der Waals surface area contributed by atoms with E-state index >= 15 is 0 Å². The molecule has 2 N–H and O–H groups in total. The zero-order valence-corrected chi connectivity index (χ0v) is 24.0. The maximum atomic E-state index is 12.1. The molecule has 0 aliphatic carbocycles.